The number of hydrogen-bond acceptors (Lipinski definition) is 3. The van der Waals surface area contributed by atoms with Crippen molar-refractivity contribution in [3.63, 3.8) is 0 Å². The van der Waals surface area contributed by atoms with Gasteiger partial charge in [-0.3, -0.25) is 4.90 Å². The minimum absolute atomic E-state index is 0. The second-order valence-corrected chi connectivity index (χ2v) is 3.12. The molecule has 5 heteroatoms. The Bertz CT molecular complexity index is 183. The number of nitrogens with zero attached hydrogens (tertiary/aromatic N) is 1. The van der Waals surface area contributed by atoms with Gasteiger partial charge in [0.2, 0.25) is 0 Å². The lowest BCUT2D eigenvalue weighted by Gasteiger charge is -2.18. The molecule has 0 aromatic carbocycles. The van der Waals surface area contributed by atoms with Crippen molar-refractivity contribution in [2.45, 2.75) is 6.10 Å². The summed E-state index contributed by atoms with van der Waals surface area (Å²) in [5, 5.41) is 3.23. The molecule has 0 radical (unpaired) electrons. The Morgan fingerprint density at radius 3 is 2.64 bits per heavy atom. The molecule has 1 rings (SSSR count). The monoisotopic (exact) mass is 240 g/mol. The fourth-order valence-electron chi connectivity index (χ4n) is 0.976. The van der Waals surface area contributed by atoms with E-state index in [2.05, 4.69) is 17.2 Å². The summed E-state index contributed by atoms with van der Waals surface area (Å²) >= 11 is 0. The summed E-state index contributed by atoms with van der Waals surface area (Å²) in [6.45, 7) is 3.40. The average molecular weight is 241 g/mol. The van der Waals surface area contributed by atoms with Crippen molar-refractivity contribution in [3.8, 4) is 11.8 Å². The zero-order chi connectivity index (χ0) is 8.81. The van der Waals surface area contributed by atoms with Gasteiger partial charge in [0.15, 0.2) is 0 Å². The van der Waals surface area contributed by atoms with Gasteiger partial charge in [-0.15, -0.1) is 24.8 Å². The number of morpholine rings is 1. The Hall–Kier alpha value is 0.0200. The van der Waals surface area contributed by atoms with Crippen molar-refractivity contribution in [2.24, 2.45) is 0 Å². The van der Waals surface area contributed by atoms with Crippen molar-refractivity contribution in [1.29, 1.82) is 0 Å². The molecular formula is C9H18Cl2N2O. The zero-order valence-electron chi connectivity index (χ0n) is 8.58. The Morgan fingerprint density at radius 2 is 2.14 bits per heavy atom. The summed E-state index contributed by atoms with van der Waals surface area (Å²) in [6.07, 6.45) is 0.0960. The van der Waals surface area contributed by atoms with Gasteiger partial charge in [0.25, 0.3) is 0 Å². The van der Waals surface area contributed by atoms with E-state index in [9.17, 15) is 0 Å². The van der Waals surface area contributed by atoms with E-state index >= 15 is 0 Å². The van der Waals surface area contributed by atoms with Gasteiger partial charge in [-0.1, -0.05) is 11.8 Å². The molecule has 14 heavy (non-hydrogen) atoms. The second-order valence-electron chi connectivity index (χ2n) is 3.12. The molecule has 0 aromatic rings. The molecule has 1 atom stereocenters. The number of ether oxygens (including phenoxy) is 1. The highest BCUT2D eigenvalue weighted by Gasteiger charge is 2.08. The van der Waals surface area contributed by atoms with Crippen LogP contribution in [0.5, 0.6) is 0 Å². The van der Waals surface area contributed by atoms with E-state index in [0.29, 0.717) is 0 Å². The van der Waals surface area contributed by atoms with E-state index in [-0.39, 0.29) is 30.9 Å². The predicted molar refractivity (Wildman–Crippen MR) is 63.4 cm³/mol. The molecule has 1 aliphatic rings. The molecule has 0 amide bonds. The van der Waals surface area contributed by atoms with Crippen LogP contribution in [0.25, 0.3) is 0 Å². The van der Waals surface area contributed by atoms with Crippen LogP contribution in [0.1, 0.15) is 0 Å². The third-order valence-corrected chi connectivity index (χ3v) is 1.59. The van der Waals surface area contributed by atoms with E-state index in [1.807, 2.05) is 19.0 Å². The number of nitrogens with one attached hydrogen (secondary N) is 1. The molecule has 0 saturated carbocycles. The van der Waals surface area contributed by atoms with Gasteiger partial charge in [0.05, 0.1) is 13.2 Å². The molecule has 1 saturated heterocycles. The van der Waals surface area contributed by atoms with Crippen molar-refractivity contribution >= 4 is 24.8 Å². The number of halogens is 2. The Balaban J connectivity index is 0. The first kappa shape index (κ1) is 16.4. The lowest BCUT2D eigenvalue weighted by Crippen LogP contribution is -2.37. The number of hydrogen-bond donors (Lipinski definition) is 1. The normalized spacial score (nSPS) is 20.1. The molecule has 0 bridgehead atoms. The van der Waals surface area contributed by atoms with E-state index in [0.717, 1.165) is 26.2 Å². The first-order valence-corrected chi connectivity index (χ1v) is 4.24. The molecule has 0 aliphatic carbocycles. The molecule has 3 nitrogen and oxygen atoms in total. The molecule has 1 aliphatic heterocycles. The number of rotatable bonds is 1. The van der Waals surface area contributed by atoms with Crippen LogP contribution in [0.4, 0.5) is 0 Å². The molecule has 1 heterocycles. The summed E-state index contributed by atoms with van der Waals surface area (Å²) in [6, 6.07) is 0. The van der Waals surface area contributed by atoms with Crippen molar-refractivity contribution in [2.75, 3.05) is 40.3 Å². The smallest absolute Gasteiger partial charge is 0.130 e. The molecule has 84 valence electrons. The Morgan fingerprint density at radius 1 is 1.43 bits per heavy atom. The lowest BCUT2D eigenvalue weighted by atomic mass is 10.3. The van der Waals surface area contributed by atoms with E-state index in [1.54, 1.807) is 0 Å². The highest BCUT2D eigenvalue weighted by Crippen LogP contribution is 1.92. The average Bonchev–Trinajstić information content (AvgIpc) is 2.05. The van der Waals surface area contributed by atoms with Crippen LogP contribution in [0, 0.1) is 11.8 Å². The van der Waals surface area contributed by atoms with Crippen LogP contribution < -0.4 is 5.32 Å². The lowest BCUT2D eigenvalue weighted by molar-refractivity contribution is 0.0650. The third kappa shape index (κ3) is 7.43. The van der Waals surface area contributed by atoms with Gasteiger partial charge < -0.3 is 10.1 Å². The molecule has 1 unspecified atom stereocenters. The summed E-state index contributed by atoms with van der Waals surface area (Å²) in [4.78, 5) is 2.04. The predicted octanol–water partition coefficient (Wildman–Crippen LogP) is 0.383. The van der Waals surface area contributed by atoms with Crippen molar-refractivity contribution in [3.05, 3.63) is 0 Å². The SMILES string of the molecule is CN(C)CC#CC1CNCCO1.Cl.Cl. The maximum Gasteiger partial charge on any atom is 0.130 e. The van der Waals surface area contributed by atoms with Crippen LogP contribution >= 0.6 is 24.8 Å². The summed E-state index contributed by atoms with van der Waals surface area (Å²) in [5.74, 6) is 6.14. The van der Waals surface area contributed by atoms with Crippen LogP contribution in [0.15, 0.2) is 0 Å². The van der Waals surface area contributed by atoms with Gasteiger partial charge in [-0.25, -0.2) is 0 Å². The molecule has 1 fully saturated rings. The molecule has 0 aromatic heterocycles. The fourth-order valence-corrected chi connectivity index (χ4v) is 0.976. The fraction of sp³-hybridized carbons (Fsp3) is 0.778. The minimum atomic E-state index is 0. The van der Waals surface area contributed by atoms with E-state index < -0.39 is 0 Å². The van der Waals surface area contributed by atoms with Crippen molar-refractivity contribution < 1.29 is 4.74 Å². The summed E-state index contributed by atoms with van der Waals surface area (Å²) in [7, 11) is 4.02. The maximum atomic E-state index is 5.41. The highest BCUT2D eigenvalue weighted by molar-refractivity contribution is 5.85. The Labute approximate surface area is 98.4 Å². The zero-order valence-corrected chi connectivity index (χ0v) is 10.2. The first-order valence-electron chi connectivity index (χ1n) is 4.24. The molecule has 0 spiro atoms. The van der Waals surface area contributed by atoms with E-state index in [4.69, 9.17) is 4.74 Å². The highest BCUT2D eigenvalue weighted by atomic mass is 35.5. The van der Waals surface area contributed by atoms with Gasteiger partial charge >= 0.3 is 0 Å². The van der Waals surface area contributed by atoms with Gasteiger partial charge in [0, 0.05) is 13.1 Å². The molecular weight excluding hydrogens is 223 g/mol. The second kappa shape index (κ2) is 9.57. The van der Waals surface area contributed by atoms with Crippen LogP contribution in [-0.4, -0.2) is 51.3 Å². The van der Waals surface area contributed by atoms with Gasteiger partial charge in [0.1, 0.15) is 6.10 Å². The minimum Gasteiger partial charge on any atom is -0.363 e. The molecule has 1 N–H and O–H groups in total. The van der Waals surface area contributed by atoms with Crippen LogP contribution in [0.3, 0.4) is 0 Å². The topological polar surface area (TPSA) is 24.5 Å². The maximum absolute atomic E-state index is 5.41. The third-order valence-electron chi connectivity index (χ3n) is 1.59. The quantitative estimate of drug-likeness (QED) is 0.672. The largest absolute Gasteiger partial charge is 0.363 e. The summed E-state index contributed by atoms with van der Waals surface area (Å²) in [5.41, 5.74) is 0. The van der Waals surface area contributed by atoms with Crippen LogP contribution in [-0.2, 0) is 4.74 Å². The van der Waals surface area contributed by atoms with E-state index in [1.165, 1.54) is 0 Å². The van der Waals surface area contributed by atoms with Crippen LogP contribution in [0.2, 0.25) is 0 Å². The standard InChI is InChI=1S/C9H16N2O.2ClH/c1-11(2)6-3-4-9-8-10-5-7-12-9;;/h9-10H,5-8H2,1-2H3;2*1H. The van der Waals surface area contributed by atoms with Crippen molar-refractivity contribution in [1.82, 2.24) is 10.2 Å². The first-order chi connectivity index (χ1) is 5.79. The Kier molecular flexibility index (Phi) is 11.2. The summed E-state index contributed by atoms with van der Waals surface area (Å²) < 4.78 is 5.41. The van der Waals surface area contributed by atoms with Gasteiger partial charge in [-0.05, 0) is 14.1 Å². The van der Waals surface area contributed by atoms with Gasteiger partial charge in [-0.2, -0.15) is 0 Å².